The van der Waals surface area contributed by atoms with Crippen molar-refractivity contribution in [2.45, 2.75) is 57.0 Å². The van der Waals surface area contributed by atoms with Crippen molar-refractivity contribution < 1.29 is 38.1 Å². The Labute approximate surface area is 212 Å². The maximum Gasteiger partial charge on any atom is 0.459 e. The number of ether oxygens (including phenoxy) is 2. The Balaban J connectivity index is 1.60. The molecule has 14 nitrogen and oxygen atoms in total. The van der Waals surface area contributed by atoms with Crippen LogP contribution in [0.1, 0.15) is 27.0 Å². The summed E-state index contributed by atoms with van der Waals surface area (Å²) < 4.78 is 37.3. The zero-order valence-electron chi connectivity index (χ0n) is 20.6. The second kappa shape index (κ2) is 10.3. The van der Waals surface area contributed by atoms with Gasteiger partial charge < -0.3 is 29.9 Å². The number of esters is 1. The lowest BCUT2D eigenvalue weighted by molar-refractivity contribution is -0.142. The first kappa shape index (κ1) is 26.9. The number of aliphatic hydroxyl groups is 2. The summed E-state index contributed by atoms with van der Waals surface area (Å²) in [5.41, 5.74) is 4.60. The molecule has 5 N–H and O–H groups in total. The van der Waals surface area contributed by atoms with Crippen LogP contribution < -0.4 is 15.3 Å². The van der Waals surface area contributed by atoms with E-state index in [2.05, 4.69) is 20.0 Å². The van der Waals surface area contributed by atoms with Gasteiger partial charge in [-0.1, -0.05) is 18.2 Å². The van der Waals surface area contributed by atoms with Crippen LogP contribution in [-0.4, -0.2) is 72.8 Å². The molecule has 1 aliphatic rings. The fourth-order valence-corrected chi connectivity index (χ4v) is 5.73. The van der Waals surface area contributed by atoms with Crippen LogP contribution >= 0.6 is 7.75 Å². The van der Waals surface area contributed by atoms with E-state index in [-0.39, 0.29) is 17.2 Å². The molecule has 0 aliphatic carbocycles. The number of carbonyl (C=O) groups excluding carboxylic acids is 1. The summed E-state index contributed by atoms with van der Waals surface area (Å²) in [6, 6.07) is 7.15. The van der Waals surface area contributed by atoms with Crippen LogP contribution in [0.5, 0.6) is 5.75 Å². The van der Waals surface area contributed by atoms with E-state index in [1.807, 2.05) is 0 Å². The fraction of sp³-hybridized carbons (Fsp3) is 0.455. The van der Waals surface area contributed by atoms with Crippen LogP contribution in [0.15, 0.2) is 43.0 Å². The van der Waals surface area contributed by atoms with Gasteiger partial charge in [-0.25, -0.2) is 19.5 Å². The van der Waals surface area contributed by atoms with Crippen LogP contribution in [0.2, 0.25) is 0 Å². The Kier molecular flexibility index (Phi) is 7.51. The van der Waals surface area contributed by atoms with E-state index >= 15 is 0 Å². The Morgan fingerprint density at radius 2 is 1.97 bits per heavy atom. The van der Waals surface area contributed by atoms with Crippen molar-refractivity contribution in [2.75, 3.05) is 12.8 Å². The number of fused-ring (bicyclic) bond motifs is 1. The Hall–Kier alpha value is -3.13. The molecule has 2 unspecified atom stereocenters. The number of hydrogen-bond acceptors (Lipinski definition) is 12. The number of rotatable bonds is 9. The number of nitrogen functional groups attached to an aromatic ring is 1. The van der Waals surface area contributed by atoms with E-state index in [1.165, 1.54) is 45.1 Å². The number of imidazole rings is 1. The Morgan fingerprint density at radius 3 is 2.65 bits per heavy atom. The largest absolute Gasteiger partial charge is 0.468 e. The van der Waals surface area contributed by atoms with Gasteiger partial charge in [0.15, 0.2) is 17.7 Å². The smallest absolute Gasteiger partial charge is 0.459 e. The first-order valence-electron chi connectivity index (χ1n) is 11.3. The summed E-state index contributed by atoms with van der Waals surface area (Å²) in [4.78, 5) is 24.2. The van der Waals surface area contributed by atoms with Crippen molar-refractivity contribution in [2.24, 2.45) is 0 Å². The first-order chi connectivity index (χ1) is 17.5. The maximum atomic E-state index is 13.8. The topological polar surface area (TPSA) is 193 Å². The van der Waals surface area contributed by atoms with Gasteiger partial charge in [0.25, 0.3) is 0 Å². The van der Waals surface area contributed by atoms with Gasteiger partial charge in [0, 0.05) is 0 Å². The second-order valence-electron chi connectivity index (χ2n) is 8.79. The van der Waals surface area contributed by atoms with E-state index in [4.69, 9.17) is 24.3 Å². The molecular weight excluding hydrogens is 507 g/mol. The van der Waals surface area contributed by atoms with Crippen LogP contribution in [0.4, 0.5) is 5.82 Å². The molecule has 1 aliphatic heterocycles. The standard InChI is InChI=1S/C22H29N6O8P/c1-12(20(30)33-4)27-37(32,36-14-8-6-5-7-9-14)35-13(2)16-17(29)22(3,31)21(34-16)28-11-26-15-18(23)24-10-25-19(15)28/h5-13,16-17,21,29,31H,1-4H3,(H,27,32)(H2,23,24,25)/t12-,13-,16?,17+,21+,22+,37?/m0/s1. The molecule has 1 saturated heterocycles. The van der Waals surface area contributed by atoms with Gasteiger partial charge in [0.05, 0.1) is 19.5 Å². The fourth-order valence-electron chi connectivity index (χ4n) is 4.04. The third kappa shape index (κ3) is 5.30. The minimum absolute atomic E-state index is 0.139. The highest BCUT2D eigenvalue weighted by Crippen LogP contribution is 2.49. The third-order valence-electron chi connectivity index (χ3n) is 5.98. The minimum atomic E-state index is -4.25. The summed E-state index contributed by atoms with van der Waals surface area (Å²) in [5, 5.41) is 24.7. The van der Waals surface area contributed by atoms with Gasteiger partial charge in [-0.2, -0.15) is 5.09 Å². The normalized spacial score (nSPS) is 26.9. The quantitative estimate of drug-likeness (QED) is 0.225. The van der Waals surface area contributed by atoms with Crippen molar-refractivity contribution >= 4 is 30.7 Å². The summed E-state index contributed by atoms with van der Waals surface area (Å²) in [7, 11) is -3.06. The van der Waals surface area contributed by atoms with Gasteiger partial charge in [-0.15, -0.1) is 0 Å². The number of nitrogens with one attached hydrogen (secondary N) is 1. The van der Waals surface area contributed by atoms with Crippen LogP contribution in [0.3, 0.4) is 0 Å². The molecule has 1 fully saturated rings. The SMILES string of the molecule is COC(=O)[C@H](C)NP(=O)(Oc1ccccc1)O[C@@H](C)C1O[C@@H](n2cnc3c(N)ncnc32)[C@](C)(O)[C@@H]1O. The van der Waals surface area contributed by atoms with E-state index in [0.717, 1.165) is 0 Å². The van der Waals surface area contributed by atoms with Crippen LogP contribution in [-0.2, 0) is 23.4 Å². The third-order valence-corrected chi connectivity index (χ3v) is 7.74. The number of benzene rings is 1. The highest BCUT2D eigenvalue weighted by molar-refractivity contribution is 7.52. The number of nitrogens with two attached hydrogens (primary N) is 1. The lowest BCUT2D eigenvalue weighted by atomic mass is 9.94. The summed E-state index contributed by atoms with van der Waals surface area (Å²) in [6.07, 6.45) is -2.34. The molecule has 0 amide bonds. The first-order valence-corrected chi connectivity index (χ1v) is 12.9. The van der Waals surface area contributed by atoms with Crippen LogP contribution in [0, 0.1) is 0 Å². The molecular formula is C22H29N6O8P. The predicted octanol–water partition coefficient (Wildman–Crippen LogP) is 1.16. The van der Waals surface area contributed by atoms with Crippen LogP contribution in [0.25, 0.3) is 11.2 Å². The van der Waals surface area contributed by atoms with Gasteiger partial charge in [-0.3, -0.25) is 13.9 Å². The van der Waals surface area contributed by atoms with E-state index in [0.29, 0.717) is 5.52 Å². The van der Waals surface area contributed by atoms with Gasteiger partial charge >= 0.3 is 13.7 Å². The molecule has 3 heterocycles. The zero-order valence-corrected chi connectivity index (χ0v) is 21.5. The molecule has 2 aromatic heterocycles. The highest BCUT2D eigenvalue weighted by atomic mass is 31.2. The number of methoxy groups -OCH3 is 1. The minimum Gasteiger partial charge on any atom is -0.468 e. The number of para-hydroxylation sites is 1. The maximum absolute atomic E-state index is 13.8. The molecule has 0 spiro atoms. The molecule has 0 saturated carbocycles. The molecule has 15 heteroatoms. The van der Waals surface area contributed by atoms with Gasteiger partial charge in [-0.05, 0) is 32.9 Å². The Bertz CT molecular complexity index is 1300. The summed E-state index contributed by atoms with van der Waals surface area (Å²) in [6.45, 7) is 4.30. The molecule has 0 bridgehead atoms. The van der Waals surface area contributed by atoms with Crippen molar-refractivity contribution in [3.63, 3.8) is 0 Å². The van der Waals surface area contributed by atoms with E-state index in [9.17, 15) is 19.6 Å². The van der Waals surface area contributed by atoms with Gasteiger partial charge in [0.2, 0.25) is 0 Å². The Morgan fingerprint density at radius 1 is 1.27 bits per heavy atom. The average Bonchev–Trinajstić information content (AvgIpc) is 3.38. The number of aromatic nitrogens is 4. The molecule has 7 atom stereocenters. The summed E-state index contributed by atoms with van der Waals surface area (Å²) >= 11 is 0. The number of carbonyl (C=O) groups is 1. The molecule has 4 rings (SSSR count). The monoisotopic (exact) mass is 536 g/mol. The second-order valence-corrected chi connectivity index (χ2v) is 10.4. The average molecular weight is 536 g/mol. The summed E-state index contributed by atoms with van der Waals surface area (Å²) in [5.74, 6) is -0.343. The molecule has 200 valence electrons. The van der Waals surface area contributed by atoms with Crippen molar-refractivity contribution in [1.29, 1.82) is 0 Å². The van der Waals surface area contributed by atoms with Crippen molar-refractivity contribution in [1.82, 2.24) is 24.6 Å². The van der Waals surface area contributed by atoms with Crippen molar-refractivity contribution in [3.8, 4) is 5.75 Å². The number of nitrogens with zero attached hydrogens (tertiary/aromatic N) is 4. The molecule has 37 heavy (non-hydrogen) atoms. The predicted molar refractivity (Wildman–Crippen MR) is 130 cm³/mol. The van der Waals surface area contributed by atoms with E-state index in [1.54, 1.807) is 30.3 Å². The zero-order chi connectivity index (χ0) is 27.0. The lowest BCUT2D eigenvalue weighted by Crippen LogP contribution is -2.46. The van der Waals surface area contributed by atoms with E-state index < -0.39 is 49.9 Å². The molecule has 1 aromatic carbocycles. The number of hydrogen-bond donors (Lipinski definition) is 4. The lowest BCUT2D eigenvalue weighted by Gasteiger charge is -2.29. The number of anilines is 1. The highest BCUT2D eigenvalue weighted by Gasteiger charge is 2.56. The van der Waals surface area contributed by atoms with Gasteiger partial charge in [0.1, 0.15) is 41.4 Å². The molecule has 3 aromatic rings. The number of aliphatic hydroxyl groups excluding tert-OH is 1. The van der Waals surface area contributed by atoms with Crippen molar-refractivity contribution in [3.05, 3.63) is 43.0 Å². The molecule has 0 radical (unpaired) electrons.